The maximum absolute atomic E-state index is 4.17. The summed E-state index contributed by atoms with van der Waals surface area (Å²) in [4.78, 5) is 4.17. The van der Waals surface area contributed by atoms with Gasteiger partial charge in [0.05, 0.1) is 6.33 Å². The number of nitrogens with zero attached hydrogens (tertiary/aromatic N) is 2. The van der Waals surface area contributed by atoms with Crippen molar-refractivity contribution in [2.75, 3.05) is 0 Å². The lowest BCUT2D eigenvalue weighted by Crippen LogP contribution is -2.24. The largest absolute Gasteiger partial charge is 0.332 e. The second-order valence-corrected chi connectivity index (χ2v) is 8.13. The third-order valence-electron chi connectivity index (χ3n) is 5.35. The van der Waals surface area contributed by atoms with E-state index in [0.717, 1.165) is 0 Å². The van der Waals surface area contributed by atoms with Gasteiger partial charge < -0.3 is 4.57 Å². The van der Waals surface area contributed by atoms with Gasteiger partial charge in [-0.15, -0.1) is 0 Å². The van der Waals surface area contributed by atoms with E-state index in [9.17, 15) is 0 Å². The number of hydrogen-bond acceptors (Lipinski definition) is 1. The average molecular weight is 335 g/mol. The third kappa shape index (κ3) is 10.2. The summed E-state index contributed by atoms with van der Waals surface area (Å²) in [6.45, 7) is 6.93. The van der Waals surface area contributed by atoms with Crippen LogP contribution < -0.4 is 0 Å². The Bertz CT molecular complexity index is 367. The molecule has 1 heterocycles. The van der Waals surface area contributed by atoms with Gasteiger partial charge in [-0.2, -0.15) is 0 Å². The van der Waals surface area contributed by atoms with Crippen LogP contribution in [0.2, 0.25) is 0 Å². The van der Waals surface area contributed by atoms with Crippen LogP contribution in [0, 0.1) is 0 Å². The van der Waals surface area contributed by atoms with Crippen LogP contribution in [-0.2, 0) is 5.54 Å². The van der Waals surface area contributed by atoms with Gasteiger partial charge in [-0.05, 0) is 20.3 Å². The first-order valence-electron chi connectivity index (χ1n) is 10.7. The van der Waals surface area contributed by atoms with Crippen molar-refractivity contribution in [3.63, 3.8) is 0 Å². The van der Waals surface area contributed by atoms with Crippen LogP contribution in [0.25, 0.3) is 0 Å². The normalized spacial score (nSPS) is 12.0. The minimum absolute atomic E-state index is 0.216. The number of aromatic nitrogens is 2. The van der Waals surface area contributed by atoms with Gasteiger partial charge in [-0.3, -0.25) is 0 Å². The second kappa shape index (κ2) is 13.5. The molecule has 0 aliphatic heterocycles. The highest BCUT2D eigenvalue weighted by molar-refractivity contribution is 4.85. The molecule has 0 unspecified atom stereocenters. The maximum Gasteiger partial charge on any atom is 0.0950 e. The Balaban J connectivity index is 1.82. The molecule has 0 radical (unpaired) electrons. The molecule has 0 N–H and O–H groups in total. The predicted molar refractivity (Wildman–Crippen MR) is 106 cm³/mol. The van der Waals surface area contributed by atoms with Crippen LogP contribution >= 0.6 is 0 Å². The Morgan fingerprint density at radius 3 is 1.58 bits per heavy atom. The molecular formula is C22H42N2. The topological polar surface area (TPSA) is 17.8 Å². The van der Waals surface area contributed by atoms with Crippen molar-refractivity contribution < 1.29 is 0 Å². The standard InChI is InChI=1S/C22H42N2/c1-4-5-6-7-8-9-10-11-12-13-14-15-16-17-18-22(2,3)24-20-19-23-21-24/h19-21H,4-18H2,1-3H3. The van der Waals surface area contributed by atoms with Crippen molar-refractivity contribution in [1.82, 2.24) is 9.55 Å². The molecule has 0 aliphatic carbocycles. The molecule has 0 atom stereocenters. The lowest BCUT2D eigenvalue weighted by molar-refractivity contribution is 0.312. The van der Waals surface area contributed by atoms with Crippen molar-refractivity contribution >= 4 is 0 Å². The number of rotatable bonds is 16. The summed E-state index contributed by atoms with van der Waals surface area (Å²) in [5.41, 5.74) is 0.216. The van der Waals surface area contributed by atoms with Gasteiger partial charge in [0.2, 0.25) is 0 Å². The monoisotopic (exact) mass is 334 g/mol. The van der Waals surface area contributed by atoms with E-state index in [-0.39, 0.29) is 5.54 Å². The van der Waals surface area contributed by atoms with Gasteiger partial charge in [0.15, 0.2) is 0 Å². The molecule has 0 aromatic carbocycles. The summed E-state index contributed by atoms with van der Waals surface area (Å²) < 4.78 is 2.25. The lowest BCUT2D eigenvalue weighted by atomic mass is 9.95. The van der Waals surface area contributed by atoms with E-state index in [1.807, 2.05) is 12.5 Å². The van der Waals surface area contributed by atoms with Crippen LogP contribution in [-0.4, -0.2) is 9.55 Å². The SMILES string of the molecule is CCCCCCCCCCCCCCCCC(C)(C)n1ccnc1. The van der Waals surface area contributed by atoms with E-state index in [2.05, 4.69) is 36.5 Å². The number of unbranched alkanes of at least 4 members (excludes halogenated alkanes) is 13. The minimum Gasteiger partial charge on any atom is -0.332 e. The van der Waals surface area contributed by atoms with Gasteiger partial charge >= 0.3 is 0 Å². The third-order valence-corrected chi connectivity index (χ3v) is 5.35. The van der Waals surface area contributed by atoms with Gasteiger partial charge in [-0.25, -0.2) is 4.98 Å². The van der Waals surface area contributed by atoms with Crippen molar-refractivity contribution in [2.24, 2.45) is 0 Å². The fourth-order valence-corrected chi connectivity index (χ4v) is 3.50. The summed E-state index contributed by atoms with van der Waals surface area (Å²) >= 11 is 0. The van der Waals surface area contributed by atoms with Crippen molar-refractivity contribution in [2.45, 2.75) is 123 Å². The molecule has 0 fully saturated rings. The van der Waals surface area contributed by atoms with E-state index in [1.54, 1.807) is 0 Å². The molecule has 0 amide bonds. The highest BCUT2D eigenvalue weighted by Gasteiger charge is 2.18. The Kier molecular flexibility index (Phi) is 12.0. The van der Waals surface area contributed by atoms with Crippen LogP contribution in [0.1, 0.15) is 117 Å². The first-order chi connectivity index (χ1) is 11.7. The quantitative estimate of drug-likeness (QED) is 0.286. The van der Waals surface area contributed by atoms with Crippen LogP contribution in [0.4, 0.5) is 0 Å². The van der Waals surface area contributed by atoms with Crippen molar-refractivity contribution in [1.29, 1.82) is 0 Å². The van der Waals surface area contributed by atoms with Crippen molar-refractivity contribution in [3.8, 4) is 0 Å². The smallest absolute Gasteiger partial charge is 0.0950 e. The number of hydrogen-bond donors (Lipinski definition) is 0. The summed E-state index contributed by atoms with van der Waals surface area (Å²) in [5.74, 6) is 0. The molecule has 0 bridgehead atoms. The molecule has 140 valence electrons. The average Bonchev–Trinajstić information content (AvgIpc) is 3.10. The van der Waals surface area contributed by atoms with E-state index in [0.29, 0.717) is 0 Å². The van der Waals surface area contributed by atoms with Crippen LogP contribution in [0.5, 0.6) is 0 Å². The van der Waals surface area contributed by atoms with E-state index in [1.165, 1.54) is 96.3 Å². The molecule has 0 aliphatic rings. The van der Waals surface area contributed by atoms with E-state index >= 15 is 0 Å². The zero-order valence-corrected chi connectivity index (χ0v) is 16.7. The number of imidazole rings is 1. The highest BCUT2D eigenvalue weighted by atomic mass is 15.1. The molecule has 24 heavy (non-hydrogen) atoms. The molecule has 0 saturated heterocycles. The minimum atomic E-state index is 0.216. The first kappa shape index (κ1) is 21.3. The Hall–Kier alpha value is -0.790. The zero-order chi connectivity index (χ0) is 17.5. The van der Waals surface area contributed by atoms with Crippen molar-refractivity contribution in [3.05, 3.63) is 18.7 Å². The van der Waals surface area contributed by atoms with Crippen LogP contribution in [0.3, 0.4) is 0 Å². The van der Waals surface area contributed by atoms with Crippen LogP contribution in [0.15, 0.2) is 18.7 Å². The molecule has 2 heteroatoms. The first-order valence-corrected chi connectivity index (χ1v) is 10.7. The molecule has 0 saturated carbocycles. The Morgan fingerprint density at radius 1 is 0.708 bits per heavy atom. The second-order valence-electron chi connectivity index (χ2n) is 8.13. The Morgan fingerprint density at radius 2 is 1.17 bits per heavy atom. The summed E-state index contributed by atoms with van der Waals surface area (Å²) in [5, 5.41) is 0. The Labute approximate surface area is 151 Å². The summed E-state index contributed by atoms with van der Waals surface area (Å²) in [6.07, 6.45) is 27.2. The zero-order valence-electron chi connectivity index (χ0n) is 16.7. The summed E-state index contributed by atoms with van der Waals surface area (Å²) in [7, 11) is 0. The predicted octanol–water partition coefficient (Wildman–Crippen LogP) is 7.49. The molecule has 1 aromatic rings. The van der Waals surface area contributed by atoms with E-state index in [4.69, 9.17) is 0 Å². The molecule has 1 aromatic heterocycles. The molecular weight excluding hydrogens is 292 g/mol. The maximum atomic E-state index is 4.17. The molecule has 2 nitrogen and oxygen atoms in total. The summed E-state index contributed by atoms with van der Waals surface area (Å²) in [6, 6.07) is 0. The van der Waals surface area contributed by atoms with Gasteiger partial charge in [-0.1, -0.05) is 96.8 Å². The fourth-order valence-electron chi connectivity index (χ4n) is 3.50. The lowest BCUT2D eigenvalue weighted by Gasteiger charge is -2.26. The highest BCUT2D eigenvalue weighted by Crippen LogP contribution is 2.23. The van der Waals surface area contributed by atoms with Gasteiger partial charge in [0, 0.05) is 17.9 Å². The van der Waals surface area contributed by atoms with Gasteiger partial charge in [0.25, 0.3) is 0 Å². The molecule has 0 spiro atoms. The van der Waals surface area contributed by atoms with E-state index < -0.39 is 0 Å². The van der Waals surface area contributed by atoms with Gasteiger partial charge in [0.1, 0.15) is 0 Å². The fraction of sp³-hybridized carbons (Fsp3) is 0.864. The molecule has 1 rings (SSSR count).